The van der Waals surface area contributed by atoms with E-state index < -0.39 is 16.6 Å². The molecule has 1 fully saturated rings. The van der Waals surface area contributed by atoms with Crippen LogP contribution in [0.15, 0.2) is 18.2 Å². The van der Waals surface area contributed by atoms with Gasteiger partial charge in [-0.3, -0.25) is 14.9 Å². The molecule has 0 aromatic heterocycles. The van der Waals surface area contributed by atoms with Crippen LogP contribution < -0.4 is 0 Å². The summed E-state index contributed by atoms with van der Waals surface area (Å²) >= 11 is 5.87. The maximum Gasteiger partial charge on any atom is 0.282 e. The number of hydrogen-bond acceptors (Lipinski definition) is 3. The minimum atomic E-state index is -0.694. The Hall–Kier alpha value is -1.69. The first-order valence-electron chi connectivity index (χ1n) is 5.36. The quantitative estimate of drug-likeness (QED) is 0.471. The van der Waals surface area contributed by atoms with E-state index >= 15 is 0 Å². The number of halogens is 2. The Morgan fingerprint density at radius 2 is 2.28 bits per heavy atom. The van der Waals surface area contributed by atoms with Gasteiger partial charge >= 0.3 is 0 Å². The zero-order chi connectivity index (χ0) is 13.3. The monoisotopic (exact) mass is 272 g/mol. The summed E-state index contributed by atoms with van der Waals surface area (Å²) in [5.41, 5.74) is -0.620. The fraction of sp³-hybridized carbons (Fsp3) is 0.364. The van der Waals surface area contributed by atoms with Crippen molar-refractivity contribution in [3.63, 3.8) is 0 Å². The minimum absolute atomic E-state index is 0.151. The van der Waals surface area contributed by atoms with Gasteiger partial charge in [0.15, 0.2) is 0 Å². The van der Waals surface area contributed by atoms with E-state index in [0.29, 0.717) is 19.5 Å². The molecule has 18 heavy (non-hydrogen) atoms. The average molecular weight is 273 g/mol. The summed E-state index contributed by atoms with van der Waals surface area (Å²) in [4.78, 5) is 23.6. The van der Waals surface area contributed by atoms with Crippen LogP contribution in [-0.4, -0.2) is 34.2 Å². The van der Waals surface area contributed by atoms with Crippen molar-refractivity contribution in [2.75, 3.05) is 13.1 Å². The third-order valence-electron chi connectivity index (χ3n) is 2.80. The zero-order valence-corrected chi connectivity index (χ0v) is 10.1. The normalized spacial score (nSPS) is 19.0. The van der Waals surface area contributed by atoms with Crippen LogP contribution >= 0.6 is 11.6 Å². The largest absolute Gasteiger partial charge is 0.337 e. The molecular weight excluding hydrogens is 263 g/mol. The Labute approximate surface area is 107 Å². The summed E-state index contributed by atoms with van der Waals surface area (Å²) < 4.78 is 13.1. The number of alkyl halides is 1. The molecule has 1 saturated heterocycles. The number of amides is 1. The van der Waals surface area contributed by atoms with Crippen LogP contribution in [0.5, 0.6) is 0 Å². The maximum absolute atomic E-state index is 13.1. The second kappa shape index (κ2) is 4.89. The van der Waals surface area contributed by atoms with E-state index in [-0.39, 0.29) is 16.6 Å². The minimum Gasteiger partial charge on any atom is -0.337 e. The van der Waals surface area contributed by atoms with Crippen molar-refractivity contribution in [1.82, 2.24) is 4.90 Å². The summed E-state index contributed by atoms with van der Waals surface area (Å²) in [6.07, 6.45) is 0.635. The molecule has 1 heterocycles. The lowest BCUT2D eigenvalue weighted by Crippen LogP contribution is -2.29. The summed E-state index contributed by atoms with van der Waals surface area (Å²) in [5, 5.41) is 10.7. The van der Waals surface area contributed by atoms with Crippen LogP contribution in [0.2, 0.25) is 0 Å². The molecule has 0 N–H and O–H groups in total. The third kappa shape index (κ3) is 2.43. The maximum atomic E-state index is 13.1. The molecule has 0 radical (unpaired) electrons. The molecule has 5 nitrogen and oxygen atoms in total. The number of hydrogen-bond donors (Lipinski definition) is 0. The smallest absolute Gasteiger partial charge is 0.282 e. The average Bonchev–Trinajstić information content (AvgIpc) is 2.74. The molecule has 0 aliphatic carbocycles. The summed E-state index contributed by atoms with van der Waals surface area (Å²) in [7, 11) is 0. The Morgan fingerprint density at radius 3 is 2.83 bits per heavy atom. The van der Waals surface area contributed by atoms with Gasteiger partial charge in [-0.25, -0.2) is 4.39 Å². The number of benzene rings is 1. The van der Waals surface area contributed by atoms with Crippen molar-refractivity contribution in [2.45, 2.75) is 11.8 Å². The molecule has 1 aliphatic heterocycles. The lowest BCUT2D eigenvalue weighted by atomic mass is 10.1. The molecule has 1 unspecified atom stereocenters. The molecular formula is C11H10ClFN2O3. The van der Waals surface area contributed by atoms with Gasteiger partial charge in [0.1, 0.15) is 11.4 Å². The van der Waals surface area contributed by atoms with E-state index in [1.54, 1.807) is 0 Å². The van der Waals surface area contributed by atoms with Gasteiger partial charge in [-0.1, -0.05) is 0 Å². The molecule has 1 aromatic carbocycles. The zero-order valence-electron chi connectivity index (χ0n) is 9.31. The molecule has 1 atom stereocenters. The number of rotatable bonds is 2. The van der Waals surface area contributed by atoms with Gasteiger partial charge in [0.25, 0.3) is 11.6 Å². The highest BCUT2D eigenvalue weighted by Gasteiger charge is 2.30. The van der Waals surface area contributed by atoms with E-state index in [1.807, 2.05) is 0 Å². The number of likely N-dealkylation sites (tertiary alicyclic amines) is 1. The predicted octanol–water partition coefficient (Wildman–Crippen LogP) is 2.19. The second-order valence-corrected chi connectivity index (χ2v) is 4.67. The molecule has 96 valence electrons. The van der Waals surface area contributed by atoms with E-state index in [2.05, 4.69) is 0 Å². The molecule has 1 amide bonds. The summed E-state index contributed by atoms with van der Waals surface area (Å²) in [5.74, 6) is -1.23. The highest BCUT2D eigenvalue weighted by atomic mass is 35.5. The van der Waals surface area contributed by atoms with Crippen LogP contribution in [0.1, 0.15) is 16.8 Å². The van der Waals surface area contributed by atoms with Gasteiger partial charge in [0.2, 0.25) is 0 Å². The SMILES string of the molecule is O=C(c1cc(F)ccc1[N+](=O)[O-])N1CCC(Cl)C1. The predicted molar refractivity (Wildman–Crippen MR) is 63.2 cm³/mol. The highest BCUT2D eigenvalue weighted by Crippen LogP contribution is 2.24. The van der Waals surface area contributed by atoms with Crippen molar-refractivity contribution in [3.8, 4) is 0 Å². The van der Waals surface area contributed by atoms with E-state index in [1.165, 1.54) is 4.90 Å². The van der Waals surface area contributed by atoms with Crippen molar-refractivity contribution < 1.29 is 14.1 Å². The first-order valence-corrected chi connectivity index (χ1v) is 5.80. The first kappa shape index (κ1) is 12.8. The number of carbonyl (C=O) groups is 1. The Balaban J connectivity index is 2.34. The number of nitrogens with zero attached hydrogens (tertiary/aromatic N) is 2. The van der Waals surface area contributed by atoms with E-state index in [4.69, 9.17) is 11.6 Å². The molecule has 7 heteroatoms. The molecule has 1 aromatic rings. The van der Waals surface area contributed by atoms with Crippen LogP contribution in [-0.2, 0) is 0 Å². The molecule has 1 aliphatic rings. The molecule has 0 bridgehead atoms. The standard InChI is InChI=1S/C11H10ClFN2O3/c12-7-3-4-14(6-7)11(16)9-5-8(13)1-2-10(9)15(17)18/h1-2,5,7H,3-4,6H2. The fourth-order valence-electron chi connectivity index (χ4n) is 1.91. The van der Waals surface area contributed by atoms with Gasteiger partial charge in [0, 0.05) is 19.2 Å². The first-order chi connectivity index (χ1) is 8.49. The summed E-state index contributed by atoms with van der Waals surface area (Å²) in [6, 6.07) is 2.85. The number of carbonyl (C=O) groups excluding carboxylic acids is 1. The van der Waals surface area contributed by atoms with Gasteiger partial charge in [-0.2, -0.15) is 0 Å². The fourth-order valence-corrected chi connectivity index (χ4v) is 2.18. The third-order valence-corrected chi connectivity index (χ3v) is 3.16. The second-order valence-electron chi connectivity index (χ2n) is 4.06. The van der Waals surface area contributed by atoms with E-state index in [0.717, 1.165) is 18.2 Å². The lowest BCUT2D eigenvalue weighted by Gasteiger charge is -2.15. The Kier molecular flexibility index (Phi) is 3.47. The Morgan fingerprint density at radius 1 is 1.56 bits per heavy atom. The van der Waals surface area contributed by atoms with Crippen molar-refractivity contribution in [2.24, 2.45) is 0 Å². The Bertz CT molecular complexity index is 509. The molecule has 0 saturated carbocycles. The van der Waals surface area contributed by atoms with Gasteiger partial charge in [0.05, 0.1) is 10.3 Å². The van der Waals surface area contributed by atoms with Crippen LogP contribution in [0.3, 0.4) is 0 Å². The van der Waals surface area contributed by atoms with Crippen molar-refractivity contribution >= 4 is 23.2 Å². The van der Waals surface area contributed by atoms with Crippen LogP contribution in [0.25, 0.3) is 0 Å². The van der Waals surface area contributed by atoms with Gasteiger partial charge < -0.3 is 4.90 Å². The summed E-state index contributed by atoms with van der Waals surface area (Å²) in [6.45, 7) is 0.759. The van der Waals surface area contributed by atoms with Gasteiger partial charge in [-0.15, -0.1) is 11.6 Å². The van der Waals surface area contributed by atoms with Crippen molar-refractivity contribution in [3.05, 3.63) is 39.7 Å². The topological polar surface area (TPSA) is 63.4 Å². The highest BCUT2D eigenvalue weighted by molar-refractivity contribution is 6.21. The lowest BCUT2D eigenvalue weighted by molar-refractivity contribution is -0.385. The number of nitro benzene ring substituents is 1. The molecule has 0 spiro atoms. The number of nitro groups is 1. The van der Waals surface area contributed by atoms with Crippen LogP contribution in [0, 0.1) is 15.9 Å². The van der Waals surface area contributed by atoms with E-state index in [9.17, 15) is 19.3 Å². The van der Waals surface area contributed by atoms with Gasteiger partial charge in [-0.05, 0) is 18.6 Å². The van der Waals surface area contributed by atoms with Crippen molar-refractivity contribution in [1.29, 1.82) is 0 Å². The molecule has 2 rings (SSSR count). The van der Waals surface area contributed by atoms with Crippen LogP contribution in [0.4, 0.5) is 10.1 Å².